The van der Waals surface area contributed by atoms with Crippen molar-refractivity contribution in [3.63, 3.8) is 0 Å². The lowest BCUT2D eigenvalue weighted by Gasteiger charge is -2.30. The van der Waals surface area contributed by atoms with Gasteiger partial charge in [0.15, 0.2) is 0 Å². The van der Waals surface area contributed by atoms with E-state index in [1.807, 2.05) is 0 Å². The summed E-state index contributed by atoms with van der Waals surface area (Å²) in [6.07, 6.45) is 7.61. The van der Waals surface area contributed by atoms with Gasteiger partial charge in [0, 0.05) is 12.1 Å². The van der Waals surface area contributed by atoms with E-state index in [1.165, 1.54) is 36.0 Å². The molecule has 2 unspecified atom stereocenters. The highest BCUT2D eigenvalue weighted by molar-refractivity contribution is 5.63. The van der Waals surface area contributed by atoms with Crippen molar-refractivity contribution in [2.75, 3.05) is 7.05 Å². The molecule has 0 saturated carbocycles. The van der Waals surface area contributed by atoms with Gasteiger partial charge in [-0.1, -0.05) is 66.2 Å². The van der Waals surface area contributed by atoms with Crippen molar-refractivity contribution in [1.82, 2.24) is 4.90 Å². The van der Waals surface area contributed by atoms with Gasteiger partial charge < -0.3 is 0 Å². The van der Waals surface area contributed by atoms with Crippen LogP contribution in [0.3, 0.4) is 0 Å². The van der Waals surface area contributed by atoms with Crippen LogP contribution in [0.2, 0.25) is 0 Å². The lowest BCUT2D eigenvalue weighted by molar-refractivity contribution is 0.253. The fraction of sp³-hybridized carbons (Fsp3) is 0.333. The van der Waals surface area contributed by atoms with Crippen molar-refractivity contribution >= 4 is 0 Å². The largest absolute Gasteiger partial charge is 0.297 e. The van der Waals surface area contributed by atoms with Crippen molar-refractivity contribution in [3.05, 3.63) is 71.8 Å². The molecule has 2 aromatic rings. The first kappa shape index (κ1) is 13.8. The Morgan fingerprint density at radius 2 is 1.64 bits per heavy atom. The van der Waals surface area contributed by atoms with Gasteiger partial charge in [0.25, 0.3) is 0 Å². The van der Waals surface area contributed by atoms with E-state index in [-0.39, 0.29) is 0 Å². The molecule has 2 aliphatic heterocycles. The van der Waals surface area contributed by atoms with Crippen LogP contribution in [0.1, 0.15) is 24.8 Å². The Kier molecular flexibility index (Phi) is 3.59. The van der Waals surface area contributed by atoms with Crippen LogP contribution in [0.5, 0.6) is 0 Å². The van der Waals surface area contributed by atoms with Crippen molar-refractivity contribution in [3.8, 4) is 11.1 Å². The molecule has 4 rings (SSSR count). The predicted octanol–water partition coefficient (Wildman–Crippen LogP) is 4.69. The Bertz CT molecular complexity index is 669. The molecule has 2 heterocycles. The number of fused-ring (bicyclic) bond motifs is 2. The molecule has 0 aromatic heterocycles. The fourth-order valence-electron chi connectivity index (χ4n) is 3.97. The third-order valence-corrected chi connectivity index (χ3v) is 5.31. The second-order valence-electron chi connectivity index (χ2n) is 6.73. The molecular formula is C21H23N. The zero-order valence-electron chi connectivity index (χ0n) is 13.2. The number of hydrogen-bond donors (Lipinski definition) is 0. The summed E-state index contributed by atoms with van der Waals surface area (Å²) < 4.78 is 0. The molecule has 112 valence electrons. The van der Waals surface area contributed by atoms with Crippen LogP contribution in [0.4, 0.5) is 0 Å². The molecule has 0 aliphatic carbocycles. The zero-order valence-corrected chi connectivity index (χ0v) is 13.2. The van der Waals surface area contributed by atoms with E-state index in [9.17, 15) is 0 Å². The van der Waals surface area contributed by atoms with E-state index in [0.717, 1.165) is 12.5 Å². The molecule has 2 aromatic carbocycles. The molecule has 1 saturated heterocycles. The van der Waals surface area contributed by atoms with E-state index < -0.39 is 0 Å². The van der Waals surface area contributed by atoms with E-state index in [0.29, 0.717) is 6.04 Å². The van der Waals surface area contributed by atoms with Gasteiger partial charge in [-0.2, -0.15) is 0 Å². The summed E-state index contributed by atoms with van der Waals surface area (Å²) in [5, 5.41) is 0. The van der Waals surface area contributed by atoms with E-state index in [4.69, 9.17) is 0 Å². The third kappa shape index (κ3) is 2.62. The van der Waals surface area contributed by atoms with Crippen molar-refractivity contribution < 1.29 is 0 Å². The summed E-state index contributed by atoms with van der Waals surface area (Å²) in [7, 11) is 2.28. The van der Waals surface area contributed by atoms with Gasteiger partial charge >= 0.3 is 0 Å². The van der Waals surface area contributed by atoms with Gasteiger partial charge in [-0.25, -0.2) is 0 Å². The smallest absolute Gasteiger partial charge is 0.0281 e. The monoisotopic (exact) mass is 289 g/mol. The van der Waals surface area contributed by atoms with Gasteiger partial charge in [-0.15, -0.1) is 0 Å². The molecule has 1 fully saturated rings. The average molecular weight is 289 g/mol. The molecular weight excluding hydrogens is 266 g/mol. The van der Waals surface area contributed by atoms with E-state index in [1.54, 1.807) is 5.57 Å². The average Bonchev–Trinajstić information content (AvgIpc) is 2.78. The van der Waals surface area contributed by atoms with Crippen molar-refractivity contribution in [1.29, 1.82) is 0 Å². The summed E-state index contributed by atoms with van der Waals surface area (Å²) in [4.78, 5) is 2.56. The quantitative estimate of drug-likeness (QED) is 0.741. The van der Waals surface area contributed by atoms with Gasteiger partial charge in [0.2, 0.25) is 0 Å². The molecule has 2 aliphatic rings. The Morgan fingerprint density at radius 3 is 2.36 bits per heavy atom. The van der Waals surface area contributed by atoms with E-state index >= 15 is 0 Å². The Balaban J connectivity index is 1.49. The minimum atomic E-state index is 0.692. The molecule has 1 heteroatoms. The highest BCUT2D eigenvalue weighted by Crippen LogP contribution is 2.34. The van der Waals surface area contributed by atoms with Gasteiger partial charge in [0.1, 0.15) is 0 Å². The first-order chi connectivity index (χ1) is 10.8. The maximum Gasteiger partial charge on any atom is 0.0281 e. The van der Waals surface area contributed by atoms with Gasteiger partial charge in [-0.3, -0.25) is 4.90 Å². The van der Waals surface area contributed by atoms with Crippen molar-refractivity contribution in [2.45, 2.75) is 37.8 Å². The molecule has 2 atom stereocenters. The van der Waals surface area contributed by atoms with Crippen molar-refractivity contribution in [2.24, 2.45) is 0 Å². The van der Waals surface area contributed by atoms with Crippen LogP contribution in [0.25, 0.3) is 11.1 Å². The Hall–Kier alpha value is -1.86. The summed E-state index contributed by atoms with van der Waals surface area (Å²) >= 11 is 0. The number of benzene rings is 2. The maximum absolute atomic E-state index is 2.56. The molecule has 2 bridgehead atoms. The van der Waals surface area contributed by atoms with Crippen LogP contribution in [0, 0.1) is 0 Å². The summed E-state index contributed by atoms with van der Waals surface area (Å²) in [5.74, 6) is 0. The second kappa shape index (κ2) is 5.73. The highest BCUT2D eigenvalue weighted by atomic mass is 15.2. The third-order valence-electron chi connectivity index (χ3n) is 5.31. The Labute approximate surface area is 133 Å². The van der Waals surface area contributed by atoms with Crippen LogP contribution in [-0.2, 0) is 6.42 Å². The van der Waals surface area contributed by atoms with Gasteiger partial charge in [-0.05, 0) is 49.4 Å². The Morgan fingerprint density at radius 1 is 0.909 bits per heavy atom. The standard InChI is InChI=1S/C21H23N/c1-22-20-11-12-21(22)15-17(14-20)13-16-7-9-19(10-8-16)18-5-3-2-4-6-18/h2-10,14,20-21H,11-13,15H2,1H3. The topological polar surface area (TPSA) is 3.24 Å². The molecule has 0 spiro atoms. The maximum atomic E-state index is 2.56. The fourth-order valence-corrected chi connectivity index (χ4v) is 3.97. The summed E-state index contributed by atoms with van der Waals surface area (Å²) in [6.45, 7) is 0. The minimum Gasteiger partial charge on any atom is -0.297 e. The SMILES string of the molecule is CN1C2C=C(Cc3ccc(-c4ccccc4)cc3)CC1CC2. The second-order valence-corrected chi connectivity index (χ2v) is 6.73. The lowest BCUT2D eigenvalue weighted by Crippen LogP contribution is -2.35. The number of rotatable bonds is 3. The molecule has 1 nitrogen and oxygen atoms in total. The number of hydrogen-bond acceptors (Lipinski definition) is 1. The lowest BCUT2D eigenvalue weighted by atomic mass is 9.94. The normalized spacial score (nSPS) is 24.3. The highest BCUT2D eigenvalue weighted by Gasteiger charge is 2.33. The summed E-state index contributed by atoms with van der Waals surface area (Å²) in [6, 6.07) is 21.2. The summed E-state index contributed by atoms with van der Waals surface area (Å²) in [5.41, 5.74) is 5.68. The first-order valence-electron chi connectivity index (χ1n) is 8.35. The van der Waals surface area contributed by atoms with Crippen LogP contribution < -0.4 is 0 Å². The van der Waals surface area contributed by atoms with Crippen LogP contribution >= 0.6 is 0 Å². The molecule has 22 heavy (non-hydrogen) atoms. The number of likely N-dealkylation sites (N-methyl/N-ethyl adjacent to an activating group) is 1. The zero-order chi connectivity index (χ0) is 14.9. The number of nitrogens with zero attached hydrogens (tertiary/aromatic N) is 1. The van der Waals surface area contributed by atoms with E-state index in [2.05, 4.69) is 72.6 Å². The van der Waals surface area contributed by atoms with Crippen LogP contribution in [-0.4, -0.2) is 24.0 Å². The molecule has 0 amide bonds. The van der Waals surface area contributed by atoms with Gasteiger partial charge in [0.05, 0.1) is 0 Å². The molecule has 0 N–H and O–H groups in total. The first-order valence-corrected chi connectivity index (χ1v) is 8.35. The van der Waals surface area contributed by atoms with Crippen LogP contribution in [0.15, 0.2) is 66.2 Å². The molecule has 0 radical (unpaired) electrons. The minimum absolute atomic E-state index is 0.692. The predicted molar refractivity (Wildman–Crippen MR) is 92.9 cm³/mol.